The van der Waals surface area contributed by atoms with E-state index in [2.05, 4.69) is 21.2 Å². The van der Waals surface area contributed by atoms with E-state index in [4.69, 9.17) is 4.74 Å². The molecule has 0 unspecified atom stereocenters. The summed E-state index contributed by atoms with van der Waals surface area (Å²) in [6, 6.07) is 8.66. The van der Waals surface area contributed by atoms with Gasteiger partial charge in [-0.25, -0.2) is 0 Å². The number of aromatic hydroxyl groups is 1. The van der Waals surface area contributed by atoms with Gasteiger partial charge in [-0.05, 0) is 49.2 Å². The molecule has 0 aliphatic heterocycles. The minimum absolute atomic E-state index is 0.162. The molecule has 0 aliphatic carbocycles. The number of amides is 1. The maximum Gasteiger partial charge on any atom is 0.259 e. The molecule has 2 aromatic carbocycles. The van der Waals surface area contributed by atoms with E-state index < -0.39 is 0 Å². The van der Waals surface area contributed by atoms with Gasteiger partial charge in [0.05, 0.1) is 12.7 Å². The van der Waals surface area contributed by atoms with Gasteiger partial charge in [-0.1, -0.05) is 22.0 Å². The molecule has 0 saturated heterocycles. The van der Waals surface area contributed by atoms with Gasteiger partial charge in [-0.15, -0.1) is 0 Å². The molecule has 2 rings (SSSR count). The molecule has 0 saturated carbocycles. The SMILES string of the molecule is COc1cccc(C(=O)Nc2c(C)cc(Br)cc2C)c1O. The summed E-state index contributed by atoms with van der Waals surface area (Å²) >= 11 is 3.42. The molecule has 0 aliphatic rings. The van der Waals surface area contributed by atoms with Gasteiger partial charge in [0, 0.05) is 10.2 Å². The first-order valence-corrected chi connectivity index (χ1v) is 7.17. The van der Waals surface area contributed by atoms with Crippen LogP contribution >= 0.6 is 15.9 Å². The predicted molar refractivity (Wildman–Crippen MR) is 86.2 cm³/mol. The molecule has 0 bridgehead atoms. The fraction of sp³-hybridized carbons (Fsp3) is 0.188. The number of aryl methyl sites for hydroxylation is 2. The quantitative estimate of drug-likeness (QED) is 0.879. The zero-order chi connectivity index (χ0) is 15.6. The number of benzene rings is 2. The molecular weight excluding hydrogens is 334 g/mol. The first-order valence-electron chi connectivity index (χ1n) is 6.38. The predicted octanol–water partition coefficient (Wildman–Crippen LogP) is 4.03. The third-order valence-corrected chi connectivity index (χ3v) is 3.66. The molecule has 0 radical (unpaired) electrons. The van der Waals surface area contributed by atoms with E-state index in [0.717, 1.165) is 21.3 Å². The van der Waals surface area contributed by atoms with Gasteiger partial charge in [0.25, 0.3) is 5.91 Å². The molecule has 1 amide bonds. The van der Waals surface area contributed by atoms with Crippen LogP contribution in [-0.2, 0) is 0 Å². The summed E-state index contributed by atoms with van der Waals surface area (Å²) in [5, 5.41) is 12.9. The van der Waals surface area contributed by atoms with Gasteiger partial charge < -0.3 is 15.2 Å². The van der Waals surface area contributed by atoms with Gasteiger partial charge in [-0.2, -0.15) is 0 Å². The number of halogens is 1. The lowest BCUT2D eigenvalue weighted by molar-refractivity contribution is 0.102. The molecule has 0 heterocycles. The van der Waals surface area contributed by atoms with Crippen LogP contribution < -0.4 is 10.1 Å². The highest BCUT2D eigenvalue weighted by atomic mass is 79.9. The number of rotatable bonds is 3. The third-order valence-electron chi connectivity index (χ3n) is 3.20. The molecule has 5 heteroatoms. The topological polar surface area (TPSA) is 58.6 Å². The van der Waals surface area contributed by atoms with Crippen LogP contribution in [0.25, 0.3) is 0 Å². The number of carbonyl (C=O) groups excluding carboxylic acids is 1. The number of ether oxygens (including phenoxy) is 1. The van der Waals surface area contributed by atoms with E-state index in [-0.39, 0.29) is 23.0 Å². The number of para-hydroxylation sites is 1. The lowest BCUT2D eigenvalue weighted by atomic mass is 10.1. The van der Waals surface area contributed by atoms with Crippen molar-refractivity contribution in [2.45, 2.75) is 13.8 Å². The second-order valence-electron chi connectivity index (χ2n) is 4.73. The Labute approximate surface area is 131 Å². The van der Waals surface area contributed by atoms with E-state index in [1.165, 1.54) is 7.11 Å². The van der Waals surface area contributed by atoms with Crippen molar-refractivity contribution in [1.29, 1.82) is 0 Å². The van der Waals surface area contributed by atoms with E-state index in [1.54, 1.807) is 18.2 Å². The lowest BCUT2D eigenvalue weighted by Crippen LogP contribution is -2.14. The van der Waals surface area contributed by atoms with Crippen molar-refractivity contribution in [3.8, 4) is 11.5 Å². The summed E-state index contributed by atoms with van der Waals surface area (Å²) in [6.45, 7) is 3.83. The van der Waals surface area contributed by atoms with Crippen molar-refractivity contribution >= 4 is 27.5 Å². The van der Waals surface area contributed by atoms with Crippen LogP contribution in [0.15, 0.2) is 34.8 Å². The summed E-state index contributed by atoms with van der Waals surface area (Å²) in [5.41, 5.74) is 2.80. The molecule has 2 aromatic rings. The molecule has 0 aromatic heterocycles. The fourth-order valence-corrected chi connectivity index (χ4v) is 2.85. The normalized spacial score (nSPS) is 10.3. The van der Waals surface area contributed by atoms with Crippen molar-refractivity contribution in [3.63, 3.8) is 0 Å². The molecule has 0 atom stereocenters. The van der Waals surface area contributed by atoms with Gasteiger partial charge >= 0.3 is 0 Å². The average Bonchev–Trinajstić information content (AvgIpc) is 2.42. The zero-order valence-corrected chi connectivity index (χ0v) is 13.6. The van der Waals surface area contributed by atoms with Crippen molar-refractivity contribution in [2.75, 3.05) is 12.4 Å². The fourth-order valence-electron chi connectivity index (χ4n) is 2.16. The van der Waals surface area contributed by atoms with Crippen LogP contribution in [0.3, 0.4) is 0 Å². The Bertz CT molecular complexity index is 675. The van der Waals surface area contributed by atoms with Crippen molar-refractivity contribution in [3.05, 3.63) is 51.5 Å². The number of phenolic OH excluding ortho intramolecular Hbond substituents is 1. The first-order chi connectivity index (χ1) is 9.93. The van der Waals surface area contributed by atoms with Crippen LogP contribution in [0.1, 0.15) is 21.5 Å². The summed E-state index contributed by atoms with van der Waals surface area (Å²) in [6.07, 6.45) is 0. The van der Waals surface area contributed by atoms with E-state index in [1.807, 2.05) is 26.0 Å². The number of carbonyl (C=O) groups is 1. The molecule has 0 fully saturated rings. The number of hydrogen-bond acceptors (Lipinski definition) is 3. The van der Waals surface area contributed by atoms with Gasteiger partial charge in [-0.3, -0.25) is 4.79 Å². The van der Waals surface area contributed by atoms with Crippen molar-refractivity contribution in [2.24, 2.45) is 0 Å². The van der Waals surface area contributed by atoms with Crippen LogP contribution in [-0.4, -0.2) is 18.1 Å². The largest absolute Gasteiger partial charge is 0.504 e. The molecule has 110 valence electrons. The van der Waals surface area contributed by atoms with Crippen LogP contribution in [0, 0.1) is 13.8 Å². The van der Waals surface area contributed by atoms with E-state index in [9.17, 15) is 9.90 Å². The summed E-state index contributed by atoms with van der Waals surface area (Å²) in [5.74, 6) is -0.267. The first kappa shape index (κ1) is 15.4. The smallest absolute Gasteiger partial charge is 0.259 e. The number of hydrogen-bond donors (Lipinski definition) is 2. The standard InChI is InChI=1S/C16H16BrNO3/c1-9-7-11(17)8-10(2)14(9)18-16(20)12-5-4-6-13(21-3)15(12)19/h4-8,19H,1-3H3,(H,18,20). The van der Waals surface area contributed by atoms with Crippen molar-refractivity contribution in [1.82, 2.24) is 0 Å². The molecule has 4 nitrogen and oxygen atoms in total. The highest BCUT2D eigenvalue weighted by Gasteiger charge is 2.16. The zero-order valence-electron chi connectivity index (χ0n) is 12.0. The monoisotopic (exact) mass is 349 g/mol. The maximum absolute atomic E-state index is 12.4. The van der Waals surface area contributed by atoms with Crippen LogP contribution in [0.2, 0.25) is 0 Å². The molecular formula is C16H16BrNO3. The highest BCUT2D eigenvalue weighted by molar-refractivity contribution is 9.10. The highest BCUT2D eigenvalue weighted by Crippen LogP contribution is 2.31. The van der Waals surface area contributed by atoms with Crippen LogP contribution in [0.5, 0.6) is 11.5 Å². The Balaban J connectivity index is 2.35. The number of nitrogens with one attached hydrogen (secondary N) is 1. The van der Waals surface area contributed by atoms with Gasteiger partial charge in [0.1, 0.15) is 0 Å². The summed E-state index contributed by atoms with van der Waals surface area (Å²) < 4.78 is 5.97. The minimum atomic E-state index is -0.375. The van der Waals surface area contributed by atoms with E-state index in [0.29, 0.717) is 0 Å². The Morgan fingerprint density at radius 1 is 1.24 bits per heavy atom. The minimum Gasteiger partial charge on any atom is -0.504 e. The van der Waals surface area contributed by atoms with E-state index >= 15 is 0 Å². The summed E-state index contributed by atoms with van der Waals surface area (Å²) in [4.78, 5) is 12.4. The second kappa shape index (κ2) is 6.18. The Hall–Kier alpha value is -2.01. The van der Waals surface area contributed by atoms with Gasteiger partial charge in [0.15, 0.2) is 11.5 Å². The summed E-state index contributed by atoms with van der Waals surface area (Å²) in [7, 11) is 1.44. The maximum atomic E-state index is 12.4. The Morgan fingerprint density at radius 2 is 1.86 bits per heavy atom. The van der Waals surface area contributed by atoms with Crippen molar-refractivity contribution < 1.29 is 14.6 Å². The lowest BCUT2D eigenvalue weighted by Gasteiger charge is -2.13. The average molecular weight is 350 g/mol. The van der Waals surface area contributed by atoms with Gasteiger partial charge in [0.2, 0.25) is 0 Å². The molecule has 2 N–H and O–H groups in total. The molecule has 21 heavy (non-hydrogen) atoms. The third kappa shape index (κ3) is 3.19. The van der Waals surface area contributed by atoms with Crippen LogP contribution in [0.4, 0.5) is 5.69 Å². The number of phenols is 1. The number of methoxy groups -OCH3 is 1. The number of anilines is 1. The molecule has 0 spiro atoms. The second-order valence-corrected chi connectivity index (χ2v) is 5.64. The Kier molecular flexibility index (Phi) is 4.53. The Morgan fingerprint density at radius 3 is 2.43 bits per heavy atom.